The molecule has 29 heavy (non-hydrogen) atoms. The number of aromatic nitrogens is 1. The van der Waals surface area contributed by atoms with Crippen molar-refractivity contribution in [1.82, 2.24) is 4.98 Å². The van der Waals surface area contributed by atoms with E-state index in [9.17, 15) is 4.79 Å². The van der Waals surface area contributed by atoms with E-state index in [0.717, 1.165) is 35.9 Å². The molecule has 0 atom stereocenters. The summed E-state index contributed by atoms with van der Waals surface area (Å²) in [6.45, 7) is 2.59. The maximum atomic E-state index is 12.5. The van der Waals surface area contributed by atoms with Gasteiger partial charge in [-0.1, -0.05) is 30.3 Å². The van der Waals surface area contributed by atoms with Crippen LogP contribution in [0.2, 0.25) is 0 Å². The van der Waals surface area contributed by atoms with Gasteiger partial charge in [-0.15, -0.1) is 0 Å². The van der Waals surface area contributed by atoms with Crippen LogP contribution in [-0.2, 0) is 6.61 Å². The lowest BCUT2D eigenvalue weighted by molar-refractivity contribution is 0.102. The molecular weight excluding hydrogens is 362 g/mol. The molecule has 0 bridgehead atoms. The summed E-state index contributed by atoms with van der Waals surface area (Å²) in [6.07, 6.45) is 5.34. The first-order chi connectivity index (χ1) is 14.3. The molecule has 2 heterocycles. The smallest absolute Gasteiger partial charge is 0.257 e. The van der Waals surface area contributed by atoms with Gasteiger partial charge in [-0.25, -0.2) is 4.98 Å². The molecule has 1 aliphatic heterocycles. The predicted molar refractivity (Wildman–Crippen MR) is 115 cm³/mol. The number of nitrogens with one attached hydrogen (secondary N) is 1. The molecule has 1 fully saturated rings. The normalized spacial score (nSPS) is 13.7. The number of rotatable bonds is 6. The molecule has 3 aromatic rings. The van der Waals surface area contributed by atoms with Gasteiger partial charge in [0.1, 0.15) is 18.2 Å². The lowest BCUT2D eigenvalue weighted by Gasteiger charge is -2.27. The Kier molecular flexibility index (Phi) is 6.05. The third kappa shape index (κ3) is 5.13. The number of amides is 1. The SMILES string of the molecule is O=C(Nc1ccc(OCc2ccccc2)cc1)c1ccc(N2CCCCC2)nc1. The van der Waals surface area contributed by atoms with Crippen LogP contribution < -0.4 is 15.0 Å². The highest BCUT2D eigenvalue weighted by Crippen LogP contribution is 2.20. The van der Waals surface area contributed by atoms with Gasteiger partial charge >= 0.3 is 0 Å². The summed E-state index contributed by atoms with van der Waals surface area (Å²) in [5.74, 6) is 1.54. The van der Waals surface area contributed by atoms with Gasteiger partial charge in [0, 0.05) is 25.0 Å². The molecular formula is C24H25N3O2. The molecule has 0 unspecified atom stereocenters. The summed E-state index contributed by atoms with van der Waals surface area (Å²) in [4.78, 5) is 19.3. The second kappa shape index (κ2) is 9.24. The summed E-state index contributed by atoms with van der Waals surface area (Å²) in [7, 11) is 0. The minimum Gasteiger partial charge on any atom is -0.489 e. The fourth-order valence-electron chi connectivity index (χ4n) is 3.41. The number of hydrogen-bond acceptors (Lipinski definition) is 4. The highest BCUT2D eigenvalue weighted by atomic mass is 16.5. The fourth-order valence-corrected chi connectivity index (χ4v) is 3.41. The minimum atomic E-state index is -0.166. The van der Waals surface area contributed by atoms with E-state index in [4.69, 9.17) is 4.74 Å². The van der Waals surface area contributed by atoms with Gasteiger partial charge in [-0.05, 0) is 61.2 Å². The number of anilines is 2. The summed E-state index contributed by atoms with van der Waals surface area (Å²) < 4.78 is 5.78. The highest BCUT2D eigenvalue weighted by molar-refractivity contribution is 6.04. The van der Waals surface area contributed by atoms with Crippen LogP contribution in [0.5, 0.6) is 5.75 Å². The zero-order valence-electron chi connectivity index (χ0n) is 16.4. The monoisotopic (exact) mass is 387 g/mol. The van der Waals surface area contributed by atoms with Crippen molar-refractivity contribution in [2.45, 2.75) is 25.9 Å². The van der Waals surface area contributed by atoms with Crippen LogP contribution in [0.15, 0.2) is 72.9 Å². The van der Waals surface area contributed by atoms with E-state index in [2.05, 4.69) is 15.2 Å². The zero-order chi connectivity index (χ0) is 19.9. The van der Waals surface area contributed by atoms with Gasteiger partial charge in [0.25, 0.3) is 5.91 Å². The van der Waals surface area contributed by atoms with Crippen LogP contribution in [0, 0.1) is 0 Å². The Bertz CT molecular complexity index is 919. The molecule has 1 saturated heterocycles. The molecule has 0 saturated carbocycles. The number of benzene rings is 2. The Hall–Kier alpha value is -3.34. The molecule has 0 radical (unpaired) electrons. The maximum absolute atomic E-state index is 12.5. The summed E-state index contributed by atoms with van der Waals surface area (Å²) in [5.41, 5.74) is 2.39. The van der Waals surface area contributed by atoms with E-state index in [1.54, 1.807) is 6.20 Å². The number of piperidine rings is 1. The van der Waals surface area contributed by atoms with Gasteiger partial charge in [-0.2, -0.15) is 0 Å². The van der Waals surface area contributed by atoms with Crippen molar-refractivity contribution in [3.05, 3.63) is 84.1 Å². The maximum Gasteiger partial charge on any atom is 0.257 e. The number of carbonyl (C=O) groups excluding carboxylic acids is 1. The first kappa shape index (κ1) is 19.0. The molecule has 1 aliphatic rings. The summed E-state index contributed by atoms with van der Waals surface area (Å²) in [5, 5.41) is 2.91. The van der Waals surface area contributed by atoms with E-state index < -0.39 is 0 Å². The number of hydrogen-bond donors (Lipinski definition) is 1. The van der Waals surface area contributed by atoms with Crippen molar-refractivity contribution in [2.75, 3.05) is 23.3 Å². The molecule has 1 N–H and O–H groups in total. The first-order valence-electron chi connectivity index (χ1n) is 10.1. The second-order valence-electron chi connectivity index (χ2n) is 7.21. The third-order valence-electron chi connectivity index (χ3n) is 5.05. The van der Waals surface area contributed by atoms with Gasteiger partial charge in [0.2, 0.25) is 0 Å². The molecule has 5 nitrogen and oxygen atoms in total. The zero-order valence-corrected chi connectivity index (χ0v) is 16.4. The molecule has 1 aromatic heterocycles. The number of carbonyl (C=O) groups is 1. The first-order valence-corrected chi connectivity index (χ1v) is 10.1. The lowest BCUT2D eigenvalue weighted by atomic mass is 10.1. The average molecular weight is 387 g/mol. The van der Waals surface area contributed by atoms with Crippen LogP contribution >= 0.6 is 0 Å². The Balaban J connectivity index is 1.32. The van der Waals surface area contributed by atoms with Crippen LogP contribution in [-0.4, -0.2) is 24.0 Å². The average Bonchev–Trinajstić information content (AvgIpc) is 2.80. The van der Waals surface area contributed by atoms with Crippen LogP contribution in [0.1, 0.15) is 35.2 Å². The van der Waals surface area contributed by atoms with Crippen molar-refractivity contribution >= 4 is 17.4 Å². The molecule has 4 rings (SSSR count). The van der Waals surface area contributed by atoms with Gasteiger partial charge in [-0.3, -0.25) is 4.79 Å². The van der Waals surface area contributed by atoms with Crippen molar-refractivity contribution in [2.24, 2.45) is 0 Å². The number of nitrogens with zero attached hydrogens (tertiary/aromatic N) is 2. The Morgan fingerprint density at radius 1 is 0.931 bits per heavy atom. The minimum absolute atomic E-state index is 0.166. The van der Waals surface area contributed by atoms with E-state index in [0.29, 0.717) is 12.2 Å². The molecule has 0 aliphatic carbocycles. The van der Waals surface area contributed by atoms with Crippen molar-refractivity contribution in [3.63, 3.8) is 0 Å². The molecule has 2 aromatic carbocycles. The van der Waals surface area contributed by atoms with Gasteiger partial charge < -0.3 is 15.0 Å². The standard InChI is InChI=1S/C24H25N3O2/c28-24(20-9-14-23(25-17-20)27-15-5-2-6-16-27)26-21-10-12-22(13-11-21)29-18-19-7-3-1-4-8-19/h1,3-4,7-14,17H,2,5-6,15-16,18H2,(H,26,28). The quantitative estimate of drug-likeness (QED) is 0.653. The Labute approximate surface area is 171 Å². The summed E-state index contributed by atoms with van der Waals surface area (Å²) in [6, 6.07) is 21.2. The number of pyridine rings is 1. The van der Waals surface area contributed by atoms with Crippen LogP contribution in [0.4, 0.5) is 11.5 Å². The lowest BCUT2D eigenvalue weighted by Crippen LogP contribution is -2.30. The van der Waals surface area contributed by atoms with E-state index in [1.165, 1.54) is 19.3 Å². The molecule has 148 valence electrons. The van der Waals surface area contributed by atoms with E-state index >= 15 is 0 Å². The van der Waals surface area contributed by atoms with Gasteiger partial charge in [0.15, 0.2) is 0 Å². The van der Waals surface area contributed by atoms with E-state index in [-0.39, 0.29) is 5.91 Å². The van der Waals surface area contributed by atoms with Crippen molar-refractivity contribution < 1.29 is 9.53 Å². The highest BCUT2D eigenvalue weighted by Gasteiger charge is 2.13. The Morgan fingerprint density at radius 2 is 1.69 bits per heavy atom. The van der Waals surface area contributed by atoms with Gasteiger partial charge in [0.05, 0.1) is 5.56 Å². The topological polar surface area (TPSA) is 54.5 Å². The van der Waals surface area contributed by atoms with Crippen LogP contribution in [0.25, 0.3) is 0 Å². The van der Waals surface area contributed by atoms with E-state index in [1.807, 2.05) is 66.7 Å². The molecule has 5 heteroatoms. The molecule has 1 amide bonds. The van der Waals surface area contributed by atoms with Crippen molar-refractivity contribution in [3.8, 4) is 5.75 Å². The summed E-state index contributed by atoms with van der Waals surface area (Å²) >= 11 is 0. The fraction of sp³-hybridized carbons (Fsp3) is 0.250. The molecule has 0 spiro atoms. The predicted octanol–water partition coefficient (Wildman–Crippen LogP) is 4.90. The van der Waals surface area contributed by atoms with Crippen LogP contribution in [0.3, 0.4) is 0 Å². The largest absolute Gasteiger partial charge is 0.489 e. The van der Waals surface area contributed by atoms with Crippen molar-refractivity contribution in [1.29, 1.82) is 0 Å². The number of ether oxygens (including phenoxy) is 1. The second-order valence-corrected chi connectivity index (χ2v) is 7.21. The Morgan fingerprint density at radius 3 is 2.38 bits per heavy atom. The third-order valence-corrected chi connectivity index (χ3v) is 5.05.